The van der Waals surface area contributed by atoms with Crippen molar-refractivity contribution in [3.8, 4) is 0 Å². The molecule has 17 fully saturated rings. The Kier molecular flexibility index (Phi) is 35.1. The van der Waals surface area contributed by atoms with Gasteiger partial charge in [0.2, 0.25) is 24.4 Å². The fourth-order valence-corrected chi connectivity index (χ4v) is 14.4. The fraction of sp³-hybridized carbons (Fsp3) is 0.915. The van der Waals surface area contributed by atoms with Crippen molar-refractivity contribution in [1.82, 2.24) is 16.0 Å². The molecule has 45 heteroatoms. The van der Waals surface area contributed by atoms with Crippen molar-refractivity contribution >= 4 is 52.9 Å². The smallest absolute Gasteiger partial charge is 0.308 e. The van der Waals surface area contributed by atoms with Gasteiger partial charge in [-0.2, -0.15) is 23.5 Å². The van der Waals surface area contributed by atoms with Gasteiger partial charge in [0.15, 0.2) is 49.3 Å². The van der Waals surface area contributed by atoms with E-state index in [2.05, 4.69) is 16.0 Å². The maximum atomic E-state index is 13.3. The van der Waals surface area contributed by atoms with Crippen LogP contribution in [0.1, 0.15) is 33.6 Å². The summed E-state index contributed by atoms with van der Waals surface area (Å²) in [5.74, 6) is -4.18. The summed E-state index contributed by atoms with van der Waals surface area (Å²) >= 11 is 1.81. The van der Waals surface area contributed by atoms with E-state index < -0.39 is 302 Å². The van der Waals surface area contributed by atoms with E-state index >= 15 is 0 Å². The number of carbonyl (C=O) groups is 5. The maximum absolute atomic E-state index is 13.3. The number of thioether (sulfide) groups is 2. The molecule has 17 saturated heterocycles. The highest BCUT2D eigenvalue weighted by atomic mass is 32.2. The van der Waals surface area contributed by atoms with E-state index in [4.69, 9.17) is 71.1 Å². The highest BCUT2D eigenvalue weighted by Gasteiger charge is 2.59. The molecule has 602 valence electrons. The average molecular weight is 1550 g/mol. The maximum Gasteiger partial charge on any atom is 0.308 e. The van der Waals surface area contributed by atoms with Crippen LogP contribution in [-0.2, 0) is 95.0 Å². The van der Waals surface area contributed by atoms with Gasteiger partial charge in [0, 0.05) is 36.0 Å². The van der Waals surface area contributed by atoms with Gasteiger partial charge in [0.25, 0.3) is 0 Å². The van der Waals surface area contributed by atoms with Crippen LogP contribution in [0.5, 0.6) is 0 Å². The van der Waals surface area contributed by atoms with Crippen LogP contribution in [0.3, 0.4) is 0 Å². The van der Waals surface area contributed by atoms with Gasteiger partial charge >= 0.3 is 5.97 Å². The van der Waals surface area contributed by atoms with Gasteiger partial charge in [0.1, 0.15) is 147 Å². The topological polar surface area (TPSA) is 664 Å². The first-order chi connectivity index (χ1) is 49.4. The number of nitrogens with one attached hydrogen (secondary N) is 3. The summed E-state index contributed by atoms with van der Waals surface area (Å²) < 4.78 is 87.5. The predicted octanol–water partition coefficient (Wildman–Crippen LogP) is -14.5. The second kappa shape index (κ2) is 41.4. The Morgan fingerprint density at radius 2 is 0.760 bits per heavy atom. The molecule has 12 bridgehead atoms. The Labute approximate surface area is 601 Å². The van der Waals surface area contributed by atoms with E-state index in [1.54, 1.807) is 0 Å². The number of hydrogen-bond donors (Lipinski definition) is 23. The van der Waals surface area contributed by atoms with Crippen LogP contribution in [0.25, 0.3) is 0 Å². The second-order valence-corrected chi connectivity index (χ2v) is 27.6. The van der Waals surface area contributed by atoms with E-state index in [0.717, 1.165) is 30.4 Å². The summed E-state index contributed by atoms with van der Waals surface area (Å²) in [7, 11) is 1.42. The molecule has 0 aromatic heterocycles. The minimum absolute atomic E-state index is 0.122. The standard InChI is InChI=1S/C59H99N3O40S2/c1-19(69)14-88-32(72)5-7-61-51(85)23(60-4)16-104-18-29-49-37(77)39(79)53(95-29)89-21(3)24(9-64)90-59(52(86)87)102-48-28(13-68)94-55(43(83)36(48)76)98-46-26(11-66)93-57(42(82)35(46)75)101-50-30(17-103-15-22(20(2)70)62-31(71)6-8-63)96-58(44(84)38(50)78)99-47-27(12-67)91-54(40(80)33(47)73)97-45-25(10-65)92-56(100-49)41(81)34(45)74/h21-30,33-50,52-60,63-68,73-84,86-87H,5-18H2,1-4H3,(H,61,85)(H,62,71)/t21-,22+,23+,24?,25?,26?,27?,28?,29?,30?,33?,34?,35+,36?,37?,38+,39-,40-,41-,42?,43-,44?,45+,46+,47+,48+,49+,50+,53+,54-,55+,56-,57+,58+,59+/m0/s1. The summed E-state index contributed by atoms with van der Waals surface area (Å²) in [5, 5.41) is 232. The number of rotatable bonds is 25. The lowest BCUT2D eigenvalue weighted by molar-refractivity contribution is -0.394. The molecule has 0 radical (unpaired) electrons. The van der Waals surface area contributed by atoms with Crippen molar-refractivity contribution in [2.24, 2.45) is 0 Å². The number of aliphatic hydroxyl groups excluding tert-OH is 19. The second-order valence-electron chi connectivity index (χ2n) is 25.5. The first kappa shape index (κ1) is 88.3. The molecule has 2 amide bonds. The summed E-state index contributed by atoms with van der Waals surface area (Å²) in [6.45, 7) is -3.26. The molecule has 17 heterocycles. The molecule has 104 heavy (non-hydrogen) atoms. The summed E-state index contributed by atoms with van der Waals surface area (Å²) in [4.78, 5) is 61.8. The number of amides is 2. The quantitative estimate of drug-likeness (QED) is 0.0298. The van der Waals surface area contributed by atoms with Crippen molar-refractivity contribution in [3.63, 3.8) is 0 Å². The van der Waals surface area contributed by atoms with E-state index in [1.165, 1.54) is 20.9 Å². The van der Waals surface area contributed by atoms with Crippen molar-refractivity contribution < 1.29 is 197 Å². The third-order valence-corrected chi connectivity index (χ3v) is 20.2. The van der Waals surface area contributed by atoms with Crippen LogP contribution in [0.2, 0.25) is 0 Å². The number of carbonyl (C=O) groups excluding carboxylic acids is 5. The SMILES string of the molecule is CN[C@H](CSCC1O[C@H]2O[C@@H](C)C(CO)O[C@@H](C(O)O)O[C@@H]3C(CO)O[C@H](O[C@@H]4C(CO)O[C@H](O[C@@H]5C(CSC[C@@H](NC(=O)CCO)C(C)=O)O[C@H](O[C@@H]6C(CO)O[C@@H](O[C@@H]7C(CO)O[C@@H](O[C@H]1C(O)[C@@H]2O)[C@@H](O)C7O)[C@@H](O)C6O)C(O)[C@H]5O)C(O)[C@H]4O)[C@@H](O)C3O)C(=O)NCCC(=O)OCC(C)=O. The molecule has 0 aromatic rings. The fourth-order valence-electron chi connectivity index (χ4n) is 12.0. The number of Topliss-reactive ketones (excluding diaryl/α,β-unsaturated/α-hetero) is 2. The molecular weight excluding hydrogens is 1450 g/mol. The summed E-state index contributed by atoms with van der Waals surface area (Å²) in [6.07, 6.45) is -71.0. The minimum atomic E-state index is -2.71. The Hall–Kier alpha value is -2.95. The van der Waals surface area contributed by atoms with Gasteiger partial charge in [-0.1, -0.05) is 0 Å². The number of ketones is 2. The molecule has 0 aromatic carbocycles. The van der Waals surface area contributed by atoms with Gasteiger partial charge in [-0.3, -0.25) is 24.0 Å². The average Bonchev–Trinajstić information content (AvgIpc) is 0.778. The number of esters is 1. The Morgan fingerprint density at radius 3 is 1.09 bits per heavy atom. The van der Waals surface area contributed by atoms with Gasteiger partial charge in [0.05, 0.1) is 76.5 Å². The molecule has 13 unspecified atom stereocenters. The predicted molar refractivity (Wildman–Crippen MR) is 337 cm³/mol. The summed E-state index contributed by atoms with van der Waals surface area (Å²) in [5.41, 5.74) is 0. The third-order valence-electron chi connectivity index (χ3n) is 17.9. The molecule has 35 atom stereocenters. The lowest BCUT2D eigenvalue weighted by Crippen LogP contribution is -2.68. The normalized spacial score (nSPS) is 42.6. The molecule has 17 rings (SSSR count). The number of ether oxygens (including phenoxy) is 15. The van der Waals surface area contributed by atoms with Crippen LogP contribution in [0.4, 0.5) is 0 Å². The number of fused-ring (bicyclic) bond motifs is 1. The zero-order chi connectivity index (χ0) is 76.7. The van der Waals surface area contributed by atoms with Crippen molar-refractivity contribution in [2.45, 2.75) is 255 Å². The molecule has 0 aliphatic carbocycles. The lowest BCUT2D eigenvalue weighted by atomic mass is 9.95. The Bertz CT molecular complexity index is 2650. The summed E-state index contributed by atoms with van der Waals surface area (Å²) in [6, 6.07) is -2.22. The van der Waals surface area contributed by atoms with Crippen LogP contribution >= 0.6 is 23.5 Å². The van der Waals surface area contributed by atoms with Crippen molar-refractivity contribution in [3.05, 3.63) is 0 Å². The first-order valence-corrected chi connectivity index (χ1v) is 35.6. The molecule has 0 saturated carbocycles. The van der Waals surface area contributed by atoms with Crippen molar-refractivity contribution in [1.29, 1.82) is 0 Å². The van der Waals surface area contributed by atoms with E-state index in [0.29, 0.717) is 0 Å². The van der Waals surface area contributed by atoms with E-state index in [-0.39, 0.29) is 36.6 Å². The zero-order valence-corrected chi connectivity index (χ0v) is 58.2. The lowest BCUT2D eigenvalue weighted by Gasteiger charge is -2.50. The van der Waals surface area contributed by atoms with Crippen molar-refractivity contribution in [2.75, 3.05) is 82.9 Å². The monoisotopic (exact) mass is 1550 g/mol. The molecular formula is C59H99N3O40S2. The number of likely N-dealkylation sites (N-methyl/N-ethyl adjacent to an activating group) is 1. The van der Waals surface area contributed by atoms with Crippen LogP contribution in [0.15, 0.2) is 0 Å². The molecule has 0 spiro atoms. The van der Waals surface area contributed by atoms with Gasteiger partial charge in [-0.25, -0.2) is 0 Å². The van der Waals surface area contributed by atoms with Gasteiger partial charge < -0.3 is 189 Å². The Balaban J connectivity index is 1.21. The molecule has 17 aliphatic rings. The van der Waals surface area contributed by atoms with Crippen LogP contribution in [-0.4, -0.2) is 435 Å². The van der Waals surface area contributed by atoms with Gasteiger partial charge in [-0.05, 0) is 27.8 Å². The van der Waals surface area contributed by atoms with Crippen LogP contribution in [0, 0.1) is 0 Å². The molecule has 17 aliphatic heterocycles. The van der Waals surface area contributed by atoms with Gasteiger partial charge in [-0.15, -0.1) is 0 Å². The molecule has 23 N–H and O–H groups in total. The third kappa shape index (κ3) is 22.2. The van der Waals surface area contributed by atoms with Crippen LogP contribution < -0.4 is 16.0 Å². The minimum Gasteiger partial charge on any atom is -0.458 e. The number of aliphatic hydroxyl groups is 20. The van der Waals surface area contributed by atoms with E-state index in [1.807, 2.05) is 0 Å². The highest BCUT2D eigenvalue weighted by Crippen LogP contribution is 2.39. The number of hydrogen-bond acceptors (Lipinski definition) is 43. The molecule has 43 nitrogen and oxygen atoms in total. The highest BCUT2D eigenvalue weighted by molar-refractivity contribution is 7.99. The first-order valence-electron chi connectivity index (χ1n) is 33.3. The largest absolute Gasteiger partial charge is 0.458 e. The zero-order valence-electron chi connectivity index (χ0n) is 56.6. The Morgan fingerprint density at radius 1 is 0.423 bits per heavy atom. The van der Waals surface area contributed by atoms with E-state index in [9.17, 15) is 126 Å².